The molecular weight excluding hydrogens is 307 g/mol. The van der Waals surface area contributed by atoms with Gasteiger partial charge >= 0.3 is 6.18 Å². The van der Waals surface area contributed by atoms with Crippen LogP contribution in [0, 0.1) is 11.3 Å². The van der Waals surface area contributed by atoms with Crippen LogP contribution in [0.25, 0.3) is 0 Å². The van der Waals surface area contributed by atoms with Crippen LogP contribution in [-0.4, -0.2) is 16.1 Å². The summed E-state index contributed by atoms with van der Waals surface area (Å²) in [5.41, 5.74) is -0.174. The number of carbonyl (C=O) groups is 1. The second-order valence-corrected chi connectivity index (χ2v) is 6.34. The minimum atomic E-state index is -4.51. The number of aromatic amines is 1. The lowest BCUT2D eigenvalue weighted by Crippen LogP contribution is -2.17. The van der Waals surface area contributed by atoms with Gasteiger partial charge in [0.25, 0.3) is 0 Å². The highest BCUT2D eigenvalue weighted by molar-refractivity contribution is 5.95. The van der Waals surface area contributed by atoms with Crippen molar-refractivity contribution in [2.24, 2.45) is 11.3 Å². The van der Waals surface area contributed by atoms with Crippen molar-refractivity contribution in [1.29, 1.82) is 0 Å². The van der Waals surface area contributed by atoms with Crippen molar-refractivity contribution >= 4 is 11.7 Å². The van der Waals surface area contributed by atoms with E-state index in [1.165, 1.54) is 0 Å². The molecule has 1 aliphatic rings. The van der Waals surface area contributed by atoms with Crippen molar-refractivity contribution in [3.8, 4) is 0 Å². The number of alkyl halides is 3. The van der Waals surface area contributed by atoms with Crippen molar-refractivity contribution in [1.82, 2.24) is 10.2 Å². The summed E-state index contributed by atoms with van der Waals surface area (Å²) in [5, 5.41) is 7.86. The molecule has 2 N–H and O–H groups in total. The minimum Gasteiger partial charge on any atom is -0.309 e. The van der Waals surface area contributed by atoms with E-state index in [1.807, 2.05) is 49.3 Å². The number of hydrogen-bond acceptors (Lipinski definition) is 2. The van der Waals surface area contributed by atoms with Crippen LogP contribution in [0.5, 0.6) is 0 Å². The van der Waals surface area contributed by atoms with Gasteiger partial charge in [-0.2, -0.15) is 18.3 Å². The Hall–Kier alpha value is -2.31. The van der Waals surface area contributed by atoms with Gasteiger partial charge in [-0.25, -0.2) is 0 Å². The number of H-pyrrole nitrogens is 1. The molecule has 4 nitrogen and oxygen atoms in total. The highest BCUT2D eigenvalue weighted by Crippen LogP contribution is 2.64. The molecular formula is C16H16F3N3O. The second-order valence-electron chi connectivity index (χ2n) is 6.34. The number of halogens is 3. The zero-order valence-electron chi connectivity index (χ0n) is 12.6. The molecule has 122 valence electrons. The third-order valence-corrected chi connectivity index (χ3v) is 4.40. The number of rotatable bonds is 3. The average molecular weight is 323 g/mol. The molecule has 2 atom stereocenters. The Balaban J connectivity index is 1.73. The standard InChI is InChI=1S/C16H16F3N3O/c1-15(2)12(9-6-4-3-5-7-9)13(15)14(23)20-11-8-10(21-22-11)16(17,18)19/h3-8,12-13H,1-2H3,(H2,20,21,22,23)/t12-,13+/m0/s1. The first-order valence-electron chi connectivity index (χ1n) is 7.19. The van der Waals surface area contributed by atoms with Crippen molar-refractivity contribution < 1.29 is 18.0 Å². The highest BCUT2D eigenvalue weighted by atomic mass is 19.4. The SMILES string of the molecule is CC1(C)[C@@H](C(=O)Nc2cc(C(F)(F)F)[nH]n2)[C@@H]1c1ccccc1. The van der Waals surface area contributed by atoms with Crippen LogP contribution in [0.2, 0.25) is 0 Å². The molecule has 0 spiro atoms. The number of nitrogens with one attached hydrogen (secondary N) is 2. The lowest BCUT2D eigenvalue weighted by atomic mass is 10.0. The fraction of sp³-hybridized carbons (Fsp3) is 0.375. The Morgan fingerprint density at radius 3 is 2.48 bits per heavy atom. The summed E-state index contributed by atoms with van der Waals surface area (Å²) in [4.78, 5) is 12.4. The van der Waals surface area contributed by atoms with Crippen LogP contribution in [0.4, 0.5) is 19.0 Å². The molecule has 1 aromatic carbocycles. The maximum atomic E-state index is 12.5. The number of anilines is 1. The number of nitrogens with zero attached hydrogens (tertiary/aromatic N) is 1. The van der Waals surface area contributed by atoms with E-state index >= 15 is 0 Å². The summed E-state index contributed by atoms with van der Waals surface area (Å²) in [6.45, 7) is 3.95. The molecule has 1 heterocycles. The number of hydrogen-bond donors (Lipinski definition) is 2. The molecule has 0 bridgehead atoms. The zero-order valence-corrected chi connectivity index (χ0v) is 12.6. The smallest absolute Gasteiger partial charge is 0.309 e. The fourth-order valence-electron chi connectivity index (χ4n) is 3.14. The molecule has 0 saturated heterocycles. The summed E-state index contributed by atoms with van der Waals surface area (Å²) in [5.74, 6) is -0.679. The number of amides is 1. The van der Waals surface area contributed by atoms with Crippen molar-refractivity contribution in [3.63, 3.8) is 0 Å². The Morgan fingerprint density at radius 2 is 1.91 bits per heavy atom. The van der Waals surface area contributed by atoms with E-state index in [9.17, 15) is 18.0 Å². The zero-order chi connectivity index (χ0) is 16.8. The molecule has 7 heteroatoms. The fourth-order valence-corrected chi connectivity index (χ4v) is 3.14. The Kier molecular flexibility index (Phi) is 3.46. The molecule has 23 heavy (non-hydrogen) atoms. The van der Waals surface area contributed by atoms with E-state index in [0.29, 0.717) is 0 Å². The maximum absolute atomic E-state index is 12.5. The van der Waals surface area contributed by atoms with E-state index in [0.717, 1.165) is 11.6 Å². The number of carbonyl (C=O) groups excluding carboxylic acids is 1. The summed E-state index contributed by atoms with van der Waals surface area (Å²) in [6, 6.07) is 10.4. The molecule has 1 aromatic heterocycles. The molecule has 1 amide bonds. The van der Waals surface area contributed by atoms with E-state index in [-0.39, 0.29) is 29.0 Å². The first kappa shape index (κ1) is 15.6. The maximum Gasteiger partial charge on any atom is 0.432 e. The highest BCUT2D eigenvalue weighted by Gasteiger charge is 2.62. The van der Waals surface area contributed by atoms with Crippen LogP contribution in [0.3, 0.4) is 0 Å². The summed E-state index contributed by atoms with van der Waals surface area (Å²) in [6.07, 6.45) is -4.51. The summed E-state index contributed by atoms with van der Waals surface area (Å²) < 4.78 is 37.6. The van der Waals surface area contributed by atoms with Crippen LogP contribution < -0.4 is 5.32 Å². The van der Waals surface area contributed by atoms with Crippen LogP contribution >= 0.6 is 0 Å². The molecule has 2 aromatic rings. The summed E-state index contributed by atoms with van der Waals surface area (Å²) >= 11 is 0. The van der Waals surface area contributed by atoms with Crippen LogP contribution in [0.1, 0.15) is 31.0 Å². The monoisotopic (exact) mass is 323 g/mol. The van der Waals surface area contributed by atoms with Gasteiger partial charge in [-0.1, -0.05) is 44.2 Å². The Labute approximate surface area is 131 Å². The number of aromatic nitrogens is 2. The molecule has 1 saturated carbocycles. The van der Waals surface area contributed by atoms with Gasteiger partial charge < -0.3 is 5.32 Å². The lowest BCUT2D eigenvalue weighted by molar-refractivity contribution is -0.141. The van der Waals surface area contributed by atoms with Gasteiger partial charge in [0.1, 0.15) is 5.69 Å². The predicted octanol–water partition coefficient (Wildman–Crippen LogP) is 3.81. The topological polar surface area (TPSA) is 57.8 Å². The van der Waals surface area contributed by atoms with Crippen molar-refractivity contribution in [2.45, 2.75) is 25.9 Å². The van der Waals surface area contributed by atoms with E-state index in [4.69, 9.17) is 0 Å². The first-order chi connectivity index (χ1) is 10.7. The van der Waals surface area contributed by atoms with Crippen molar-refractivity contribution in [3.05, 3.63) is 47.7 Å². The van der Waals surface area contributed by atoms with E-state index in [1.54, 1.807) is 0 Å². The normalized spacial score (nSPS) is 22.7. The molecule has 0 aliphatic heterocycles. The van der Waals surface area contributed by atoms with Gasteiger partial charge in [-0.15, -0.1) is 0 Å². The molecule has 0 unspecified atom stereocenters. The van der Waals surface area contributed by atoms with E-state index < -0.39 is 11.9 Å². The lowest BCUT2D eigenvalue weighted by Gasteiger charge is -2.02. The molecule has 1 aliphatic carbocycles. The van der Waals surface area contributed by atoms with Gasteiger partial charge in [0.2, 0.25) is 5.91 Å². The Morgan fingerprint density at radius 1 is 1.26 bits per heavy atom. The molecule has 0 radical (unpaired) electrons. The third kappa shape index (κ3) is 2.83. The van der Waals surface area contributed by atoms with Gasteiger partial charge in [0, 0.05) is 12.0 Å². The number of benzene rings is 1. The largest absolute Gasteiger partial charge is 0.432 e. The van der Waals surface area contributed by atoms with Crippen LogP contribution in [-0.2, 0) is 11.0 Å². The van der Waals surface area contributed by atoms with Crippen LogP contribution in [0.15, 0.2) is 36.4 Å². The van der Waals surface area contributed by atoms with Gasteiger partial charge in [-0.3, -0.25) is 9.89 Å². The quantitative estimate of drug-likeness (QED) is 0.902. The molecule has 1 fully saturated rings. The third-order valence-electron chi connectivity index (χ3n) is 4.40. The minimum absolute atomic E-state index is 0.0460. The summed E-state index contributed by atoms with van der Waals surface area (Å²) in [7, 11) is 0. The van der Waals surface area contributed by atoms with E-state index in [2.05, 4.69) is 10.4 Å². The second kappa shape index (κ2) is 5.11. The van der Waals surface area contributed by atoms with Gasteiger partial charge in [-0.05, 0) is 11.0 Å². The Bertz CT molecular complexity index is 722. The average Bonchev–Trinajstić information content (AvgIpc) is 2.82. The first-order valence-corrected chi connectivity index (χ1v) is 7.19. The predicted molar refractivity (Wildman–Crippen MR) is 78.7 cm³/mol. The molecule has 3 rings (SSSR count). The van der Waals surface area contributed by atoms with Gasteiger partial charge in [0.05, 0.1) is 5.92 Å². The van der Waals surface area contributed by atoms with Gasteiger partial charge in [0.15, 0.2) is 5.82 Å². The van der Waals surface area contributed by atoms with Crippen molar-refractivity contribution in [2.75, 3.05) is 5.32 Å².